The van der Waals surface area contributed by atoms with E-state index >= 15 is 0 Å². The van der Waals surface area contributed by atoms with E-state index in [0.717, 1.165) is 14.8 Å². The van der Waals surface area contributed by atoms with Gasteiger partial charge in [0.05, 0.1) is 17.7 Å². The van der Waals surface area contributed by atoms with E-state index in [1.165, 1.54) is 0 Å². The van der Waals surface area contributed by atoms with E-state index in [0.29, 0.717) is 26.3 Å². The number of aromatic nitrogens is 1. The summed E-state index contributed by atoms with van der Waals surface area (Å²) in [7, 11) is 0. The number of hydrogen-bond acceptors (Lipinski definition) is 4. The number of pyridine rings is 1. The van der Waals surface area contributed by atoms with E-state index in [1.807, 2.05) is 17.9 Å². The van der Waals surface area contributed by atoms with Gasteiger partial charge >= 0.3 is 0 Å². The molecule has 0 spiro atoms. The number of hydrogen-bond donors (Lipinski definition) is 1. The summed E-state index contributed by atoms with van der Waals surface area (Å²) >= 11 is 6.87. The highest BCUT2D eigenvalue weighted by atomic mass is 79.9. The molecule has 0 aliphatic carbocycles. The van der Waals surface area contributed by atoms with Gasteiger partial charge in [0.25, 0.3) is 0 Å². The lowest BCUT2D eigenvalue weighted by molar-refractivity contribution is -0.124. The normalized spacial score (nSPS) is 19.3. The molecule has 1 saturated heterocycles. The zero-order valence-electron chi connectivity index (χ0n) is 10.5. The third kappa shape index (κ3) is 3.46. The molecule has 1 unspecified atom stereocenters. The fourth-order valence-corrected chi connectivity index (χ4v) is 3.20. The number of rotatable bonds is 3. The average Bonchev–Trinajstić information content (AvgIpc) is 2.39. The third-order valence-corrected chi connectivity index (χ3v) is 3.86. The Hall–Kier alpha value is -0.660. The Morgan fingerprint density at radius 2 is 2.42 bits per heavy atom. The SMILES string of the molecule is CCNC(=O)C1COCCN1c1ncc(Br)cc1Br. The second-order valence-corrected chi connectivity index (χ2v) is 5.91. The van der Waals surface area contributed by atoms with Crippen molar-refractivity contribution in [2.75, 3.05) is 31.2 Å². The van der Waals surface area contributed by atoms with Gasteiger partial charge in [0.2, 0.25) is 5.91 Å². The summed E-state index contributed by atoms with van der Waals surface area (Å²) in [5.74, 6) is 0.738. The minimum absolute atomic E-state index is 0.0289. The molecule has 0 bridgehead atoms. The molecule has 1 N–H and O–H groups in total. The Balaban J connectivity index is 2.26. The predicted molar refractivity (Wildman–Crippen MR) is 80.3 cm³/mol. The zero-order chi connectivity index (χ0) is 13.8. The van der Waals surface area contributed by atoms with E-state index in [4.69, 9.17) is 4.74 Å². The molecular formula is C12H15Br2N3O2. The molecule has 0 aromatic carbocycles. The molecule has 0 saturated carbocycles. The molecule has 1 aromatic heterocycles. The minimum atomic E-state index is -0.335. The van der Waals surface area contributed by atoms with Crippen molar-refractivity contribution < 1.29 is 9.53 Å². The van der Waals surface area contributed by atoms with E-state index in [2.05, 4.69) is 42.2 Å². The maximum Gasteiger partial charge on any atom is 0.245 e. The van der Waals surface area contributed by atoms with Crippen molar-refractivity contribution >= 4 is 43.6 Å². The molecule has 19 heavy (non-hydrogen) atoms. The van der Waals surface area contributed by atoms with Gasteiger partial charge < -0.3 is 15.0 Å². The summed E-state index contributed by atoms with van der Waals surface area (Å²) in [6.45, 7) is 4.14. The lowest BCUT2D eigenvalue weighted by Gasteiger charge is -2.35. The first-order valence-electron chi connectivity index (χ1n) is 6.06. The van der Waals surface area contributed by atoms with E-state index in [-0.39, 0.29) is 11.9 Å². The van der Waals surface area contributed by atoms with Gasteiger partial charge in [0.1, 0.15) is 11.9 Å². The molecule has 2 rings (SSSR count). The van der Waals surface area contributed by atoms with Crippen molar-refractivity contribution in [3.8, 4) is 0 Å². The maximum absolute atomic E-state index is 12.1. The van der Waals surface area contributed by atoms with Crippen molar-refractivity contribution in [1.82, 2.24) is 10.3 Å². The molecule has 5 nitrogen and oxygen atoms in total. The number of carbonyl (C=O) groups excluding carboxylic acids is 1. The largest absolute Gasteiger partial charge is 0.377 e. The van der Waals surface area contributed by atoms with Gasteiger partial charge in [0.15, 0.2) is 0 Å². The molecule has 1 amide bonds. The van der Waals surface area contributed by atoms with Crippen LogP contribution in [0.25, 0.3) is 0 Å². The van der Waals surface area contributed by atoms with E-state index in [9.17, 15) is 4.79 Å². The number of likely N-dealkylation sites (N-methyl/N-ethyl adjacent to an activating group) is 1. The highest BCUT2D eigenvalue weighted by Crippen LogP contribution is 2.29. The highest BCUT2D eigenvalue weighted by molar-refractivity contribution is 9.11. The maximum atomic E-state index is 12.1. The third-order valence-electron chi connectivity index (χ3n) is 2.84. The van der Waals surface area contributed by atoms with Gasteiger partial charge in [-0.05, 0) is 44.8 Å². The zero-order valence-corrected chi connectivity index (χ0v) is 13.7. The second kappa shape index (κ2) is 6.67. The number of carbonyl (C=O) groups is 1. The molecule has 1 atom stereocenters. The van der Waals surface area contributed by atoms with Crippen molar-refractivity contribution in [2.24, 2.45) is 0 Å². The summed E-state index contributed by atoms with van der Waals surface area (Å²) in [6, 6.07) is 1.59. The predicted octanol–water partition coefficient (Wildman–Crippen LogP) is 1.95. The van der Waals surface area contributed by atoms with Crippen molar-refractivity contribution in [3.05, 3.63) is 21.2 Å². The van der Waals surface area contributed by atoms with E-state index < -0.39 is 0 Å². The van der Waals surface area contributed by atoms with Gasteiger partial charge in [-0.1, -0.05) is 0 Å². The van der Waals surface area contributed by atoms with Gasteiger partial charge in [-0.15, -0.1) is 0 Å². The Labute approximate surface area is 129 Å². The van der Waals surface area contributed by atoms with Gasteiger partial charge in [-0.3, -0.25) is 4.79 Å². The summed E-state index contributed by atoms with van der Waals surface area (Å²) in [5, 5.41) is 2.83. The molecule has 1 aliphatic heterocycles. The quantitative estimate of drug-likeness (QED) is 0.854. The molecule has 7 heteroatoms. The number of nitrogens with one attached hydrogen (secondary N) is 1. The van der Waals surface area contributed by atoms with Crippen molar-refractivity contribution in [1.29, 1.82) is 0 Å². The molecule has 1 fully saturated rings. The van der Waals surface area contributed by atoms with Gasteiger partial charge in [0, 0.05) is 23.8 Å². The lowest BCUT2D eigenvalue weighted by Crippen LogP contribution is -2.54. The van der Waals surface area contributed by atoms with Crippen LogP contribution in [0.3, 0.4) is 0 Å². The summed E-state index contributed by atoms with van der Waals surface area (Å²) in [5.41, 5.74) is 0. The first kappa shape index (κ1) is 14.7. The van der Waals surface area contributed by atoms with Crippen molar-refractivity contribution in [2.45, 2.75) is 13.0 Å². The van der Waals surface area contributed by atoms with Crippen LogP contribution in [0.2, 0.25) is 0 Å². The van der Waals surface area contributed by atoms with Gasteiger partial charge in [-0.2, -0.15) is 0 Å². The Bertz CT molecular complexity index is 470. The monoisotopic (exact) mass is 391 g/mol. The summed E-state index contributed by atoms with van der Waals surface area (Å²) < 4.78 is 7.16. The van der Waals surface area contributed by atoms with Crippen LogP contribution in [-0.2, 0) is 9.53 Å². The molecule has 1 aromatic rings. The molecule has 2 heterocycles. The van der Waals surface area contributed by atoms with Crippen LogP contribution in [0.5, 0.6) is 0 Å². The number of morpholine rings is 1. The standard InChI is InChI=1S/C12H15Br2N3O2/c1-2-15-12(18)10-7-19-4-3-17(10)11-9(14)5-8(13)6-16-11/h5-6,10H,2-4,7H2,1H3,(H,15,18). The van der Waals surface area contributed by atoms with Crippen LogP contribution in [0.15, 0.2) is 21.2 Å². The first-order chi connectivity index (χ1) is 9.13. The Morgan fingerprint density at radius 3 is 3.11 bits per heavy atom. The Morgan fingerprint density at radius 1 is 1.63 bits per heavy atom. The number of anilines is 1. The topological polar surface area (TPSA) is 54.5 Å². The first-order valence-corrected chi connectivity index (χ1v) is 7.65. The fourth-order valence-electron chi connectivity index (χ4n) is 1.99. The molecule has 0 radical (unpaired) electrons. The molecular weight excluding hydrogens is 378 g/mol. The number of amides is 1. The number of ether oxygens (including phenoxy) is 1. The van der Waals surface area contributed by atoms with Crippen LogP contribution in [0, 0.1) is 0 Å². The number of halogens is 2. The summed E-state index contributed by atoms with van der Waals surface area (Å²) in [6.07, 6.45) is 1.73. The van der Waals surface area contributed by atoms with E-state index in [1.54, 1.807) is 6.20 Å². The van der Waals surface area contributed by atoms with Crippen LogP contribution in [0.4, 0.5) is 5.82 Å². The van der Waals surface area contributed by atoms with Crippen LogP contribution in [0.1, 0.15) is 6.92 Å². The second-order valence-electron chi connectivity index (χ2n) is 4.14. The molecule has 1 aliphatic rings. The highest BCUT2D eigenvalue weighted by Gasteiger charge is 2.31. The summed E-state index contributed by atoms with van der Waals surface area (Å²) in [4.78, 5) is 18.4. The Kier molecular flexibility index (Phi) is 5.18. The van der Waals surface area contributed by atoms with Crippen LogP contribution < -0.4 is 10.2 Å². The lowest BCUT2D eigenvalue weighted by atomic mass is 10.2. The smallest absolute Gasteiger partial charge is 0.245 e. The fraction of sp³-hybridized carbons (Fsp3) is 0.500. The van der Waals surface area contributed by atoms with Crippen molar-refractivity contribution in [3.63, 3.8) is 0 Å². The number of nitrogens with zero attached hydrogens (tertiary/aromatic N) is 2. The van der Waals surface area contributed by atoms with Crippen LogP contribution in [-0.4, -0.2) is 43.2 Å². The minimum Gasteiger partial charge on any atom is -0.377 e. The average molecular weight is 393 g/mol. The van der Waals surface area contributed by atoms with Gasteiger partial charge in [-0.25, -0.2) is 4.98 Å². The van der Waals surface area contributed by atoms with Crippen LogP contribution >= 0.6 is 31.9 Å². The molecule has 104 valence electrons.